The van der Waals surface area contributed by atoms with Crippen LogP contribution in [0.15, 0.2) is 30.3 Å². The zero-order chi connectivity index (χ0) is 10.9. The highest BCUT2D eigenvalue weighted by molar-refractivity contribution is 7.98. The molecule has 15 heavy (non-hydrogen) atoms. The lowest BCUT2D eigenvalue weighted by atomic mass is 10.0. The third-order valence-corrected chi connectivity index (χ3v) is 3.09. The first-order valence-corrected chi connectivity index (χ1v) is 7.05. The van der Waals surface area contributed by atoms with E-state index in [0.717, 1.165) is 6.54 Å². The molecule has 0 spiro atoms. The van der Waals surface area contributed by atoms with E-state index in [1.165, 1.54) is 24.2 Å². The fourth-order valence-corrected chi connectivity index (χ4v) is 2.02. The summed E-state index contributed by atoms with van der Waals surface area (Å²) in [5.74, 6) is 1.19. The van der Waals surface area contributed by atoms with E-state index in [1.807, 2.05) is 11.8 Å². The van der Waals surface area contributed by atoms with Crippen LogP contribution < -0.4 is 5.32 Å². The van der Waals surface area contributed by atoms with Gasteiger partial charge in [0.2, 0.25) is 0 Å². The molecule has 0 fully saturated rings. The van der Waals surface area contributed by atoms with E-state index in [4.69, 9.17) is 0 Å². The van der Waals surface area contributed by atoms with Gasteiger partial charge in [0.15, 0.2) is 0 Å². The van der Waals surface area contributed by atoms with Gasteiger partial charge >= 0.3 is 0 Å². The van der Waals surface area contributed by atoms with Crippen molar-refractivity contribution in [2.45, 2.75) is 25.8 Å². The van der Waals surface area contributed by atoms with Gasteiger partial charge in [0.1, 0.15) is 0 Å². The third-order valence-electron chi connectivity index (χ3n) is 2.48. The summed E-state index contributed by atoms with van der Waals surface area (Å²) in [7, 11) is 0. The molecule has 84 valence electrons. The fraction of sp³-hybridized carbons (Fsp3) is 0.538. The Kier molecular flexibility index (Phi) is 6.53. The molecule has 0 amide bonds. The average molecular weight is 223 g/mol. The van der Waals surface area contributed by atoms with Crippen LogP contribution in [-0.4, -0.2) is 18.6 Å². The summed E-state index contributed by atoms with van der Waals surface area (Å²) in [6.45, 7) is 3.34. The molecule has 0 bridgehead atoms. The number of hydrogen-bond donors (Lipinski definition) is 1. The van der Waals surface area contributed by atoms with E-state index >= 15 is 0 Å². The molecule has 2 heteroatoms. The van der Waals surface area contributed by atoms with Gasteiger partial charge in [-0.2, -0.15) is 11.8 Å². The molecule has 0 saturated carbocycles. The van der Waals surface area contributed by atoms with E-state index in [0.29, 0.717) is 6.04 Å². The molecule has 1 aromatic rings. The van der Waals surface area contributed by atoms with Gasteiger partial charge in [0.25, 0.3) is 0 Å². The molecular weight excluding hydrogens is 202 g/mol. The van der Waals surface area contributed by atoms with E-state index in [1.54, 1.807) is 0 Å². The zero-order valence-corrected chi connectivity index (χ0v) is 10.5. The lowest BCUT2D eigenvalue weighted by Crippen LogP contribution is -2.23. The molecule has 1 N–H and O–H groups in total. The molecule has 0 aliphatic heterocycles. The molecule has 1 atom stereocenters. The predicted molar refractivity (Wildman–Crippen MR) is 70.5 cm³/mol. The first-order chi connectivity index (χ1) is 7.38. The number of rotatable bonds is 7. The molecule has 0 saturated heterocycles. The Hall–Kier alpha value is -0.470. The first kappa shape index (κ1) is 12.6. The van der Waals surface area contributed by atoms with Crippen molar-refractivity contribution in [2.75, 3.05) is 18.6 Å². The monoisotopic (exact) mass is 223 g/mol. The standard InChI is InChI=1S/C13H21NS/c1-3-7-13(14-10-11-15-2)12-8-5-4-6-9-12/h4-6,8-9,13-14H,3,7,10-11H2,1-2H3. The van der Waals surface area contributed by atoms with Gasteiger partial charge in [-0.25, -0.2) is 0 Å². The van der Waals surface area contributed by atoms with Gasteiger partial charge in [-0.1, -0.05) is 43.7 Å². The zero-order valence-electron chi connectivity index (χ0n) is 9.70. The molecular formula is C13H21NS. The predicted octanol–water partition coefficient (Wildman–Crippen LogP) is 3.48. The van der Waals surface area contributed by atoms with E-state index in [-0.39, 0.29) is 0 Å². The van der Waals surface area contributed by atoms with Crippen LogP contribution in [0, 0.1) is 0 Å². The maximum absolute atomic E-state index is 3.62. The molecule has 1 aromatic carbocycles. The van der Waals surface area contributed by atoms with Crippen LogP contribution >= 0.6 is 11.8 Å². The van der Waals surface area contributed by atoms with Crippen molar-refractivity contribution in [1.82, 2.24) is 5.32 Å². The molecule has 0 aliphatic carbocycles. The first-order valence-electron chi connectivity index (χ1n) is 5.65. The summed E-state index contributed by atoms with van der Waals surface area (Å²) in [5, 5.41) is 3.62. The van der Waals surface area contributed by atoms with Crippen molar-refractivity contribution in [3.05, 3.63) is 35.9 Å². The smallest absolute Gasteiger partial charge is 0.0320 e. The largest absolute Gasteiger partial charge is 0.309 e. The molecule has 1 unspecified atom stereocenters. The Labute approximate surface area is 97.7 Å². The topological polar surface area (TPSA) is 12.0 Å². The van der Waals surface area contributed by atoms with Crippen molar-refractivity contribution in [1.29, 1.82) is 0 Å². The second kappa shape index (κ2) is 7.77. The van der Waals surface area contributed by atoms with Crippen molar-refractivity contribution in [3.8, 4) is 0 Å². The van der Waals surface area contributed by atoms with Crippen molar-refractivity contribution in [3.63, 3.8) is 0 Å². The van der Waals surface area contributed by atoms with Crippen LogP contribution in [0.5, 0.6) is 0 Å². The summed E-state index contributed by atoms with van der Waals surface area (Å²) in [6.07, 6.45) is 4.60. The van der Waals surface area contributed by atoms with Gasteiger partial charge in [-0.05, 0) is 18.2 Å². The van der Waals surface area contributed by atoms with Crippen LogP contribution in [0.2, 0.25) is 0 Å². The summed E-state index contributed by atoms with van der Waals surface area (Å²) in [6, 6.07) is 11.3. The normalized spacial score (nSPS) is 12.7. The SMILES string of the molecule is CCCC(NCCSC)c1ccccc1. The van der Waals surface area contributed by atoms with Gasteiger partial charge < -0.3 is 5.32 Å². The highest BCUT2D eigenvalue weighted by atomic mass is 32.2. The van der Waals surface area contributed by atoms with Gasteiger partial charge in [0, 0.05) is 18.3 Å². The summed E-state index contributed by atoms with van der Waals surface area (Å²) < 4.78 is 0. The van der Waals surface area contributed by atoms with Crippen LogP contribution in [-0.2, 0) is 0 Å². The number of hydrogen-bond acceptors (Lipinski definition) is 2. The van der Waals surface area contributed by atoms with Crippen LogP contribution in [0.3, 0.4) is 0 Å². The average Bonchev–Trinajstić information content (AvgIpc) is 2.29. The summed E-state index contributed by atoms with van der Waals surface area (Å²) in [5.41, 5.74) is 1.42. The molecule has 1 nitrogen and oxygen atoms in total. The molecule has 1 rings (SSSR count). The quantitative estimate of drug-likeness (QED) is 0.710. The van der Waals surface area contributed by atoms with Crippen molar-refractivity contribution >= 4 is 11.8 Å². The number of thioether (sulfide) groups is 1. The van der Waals surface area contributed by atoms with Crippen LogP contribution in [0.4, 0.5) is 0 Å². The van der Waals surface area contributed by atoms with Crippen molar-refractivity contribution in [2.24, 2.45) is 0 Å². The Morgan fingerprint density at radius 2 is 2.00 bits per heavy atom. The Balaban J connectivity index is 2.50. The highest BCUT2D eigenvalue weighted by Crippen LogP contribution is 2.17. The Morgan fingerprint density at radius 3 is 2.60 bits per heavy atom. The number of benzene rings is 1. The second-order valence-electron chi connectivity index (χ2n) is 3.70. The fourth-order valence-electron chi connectivity index (χ4n) is 1.70. The maximum Gasteiger partial charge on any atom is 0.0320 e. The number of nitrogens with one attached hydrogen (secondary N) is 1. The molecule has 0 aromatic heterocycles. The van der Waals surface area contributed by atoms with E-state index in [9.17, 15) is 0 Å². The third kappa shape index (κ3) is 4.72. The van der Waals surface area contributed by atoms with E-state index in [2.05, 4.69) is 48.8 Å². The Bertz CT molecular complexity index is 248. The lowest BCUT2D eigenvalue weighted by Gasteiger charge is -2.18. The van der Waals surface area contributed by atoms with E-state index < -0.39 is 0 Å². The summed E-state index contributed by atoms with van der Waals surface area (Å²) in [4.78, 5) is 0. The van der Waals surface area contributed by atoms with Gasteiger partial charge in [-0.15, -0.1) is 0 Å². The van der Waals surface area contributed by atoms with Gasteiger partial charge in [0.05, 0.1) is 0 Å². The highest BCUT2D eigenvalue weighted by Gasteiger charge is 2.08. The minimum Gasteiger partial charge on any atom is -0.309 e. The molecule has 0 heterocycles. The molecule has 0 radical (unpaired) electrons. The lowest BCUT2D eigenvalue weighted by molar-refractivity contribution is 0.511. The summed E-state index contributed by atoms with van der Waals surface area (Å²) >= 11 is 1.89. The van der Waals surface area contributed by atoms with Gasteiger partial charge in [-0.3, -0.25) is 0 Å². The molecule has 0 aliphatic rings. The second-order valence-corrected chi connectivity index (χ2v) is 4.68. The van der Waals surface area contributed by atoms with Crippen molar-refractivity contribution < 1.29 is 0 Å². The minimum absolute atomic E-state index is 0.531. The minimum atomic E-state index is 0.531. The van der Waals surface area contributed by atoms with Crippen LogP contribution in [0.25, 0.3) is 0 Å². The Morgan fingerprint density at radius 1 is 1.27 bits per heavy atom. The van der Waals surface area contributed by atoms with Crippen LogP contribution in [0.1, 0.15) is 31.4 Å². The maximum atomic E-state index is 3.62.